The van der Waals surface area contributed by atoms with Gasteiger partial charge in [0.2, 0.25) is 0 Å². The Morgan fingerprint density at radius 1 is 1.11 bits per heavy atom. The van der Waals surface area contributed by atoms with Gasteiger partial charge in [0, 0.05) is 12.0 Å². The highest BCUT2D eigenvalue weighted by Gasteiger charge is 2.24. The van der Waals surface area contributed by atoms with Crippen LogP contribution in [-0.2, 0) is 0 Å². The summed E-state index contributed by atoms with van der Waals surface area (Å²) >= 11 is 0. The minimum absolute atomic E-state index is 0.291. The predicted molar refractivity (Wildman–Crippen MR) is 67.7 cm³/mol. The molecule has 1 aromatic carbocycles. The van der Waals surface area contributed by atoms with E-state index in [1.54, 1.807) is 0 Å². The molecule has 100 valence electrons. The van der Waals surface area contributed by atoms with Crippen LogP contribution in [0.15, 0.2) is 29.0 Å². The summed E-state index contributed by atoms with van der Waals surface area (Å²) in [5.74, 6) is -0.412. The first-order chi connectivity index (χ1) is 9.25. The van der Waals surface area contributed by atoms with Crippen LogP contribution in [-0.4, -0.2) is 4.98 Å². The molecule has 0 radical (unpaired) electrons. The van der Waals surface area contributed by atoms with Crippen molar-refractivity contribution in [1.29, 1.82) is 0 Å². The SMILES string of the molecule is Fc1ccc(-c2ocnc2C2CCCCC2)c(F)c1. The third kappa shape index (κ3) is 2.39. The Morgan fingerprint density at radius 3 is 2.63 bits per heavy atom. The Kier molecular flexibility index (Phi) is 3.32. The van der Waals surface area contributed by atoms with Crippen molar-refractivity contribution in [2.45, 2.75) is 38.0 Å². The van der Waals surface area contributed by atoms with Gasteiger partial charge in [0.25, 0.3) is 0 Å². The van der Waals surface area contributed by atoms with Gasteiger partial charge in [0.15, 0.2) is 12.2 Å². The number of halogens is 2. The maximum atomic E-state index is 13.8. The Labute approximate surface area is 110 Å². The molecule has 1 fully saturated rings. The third-order valence-electron chi connectivity index (χ3n) is 3.76. The van der Waals surface area contributed by atoms with Crippen LogP contribution >= 0.6 is 0 Å². The predicted octanol–water partition coefficient (Wildman–Crippen LogP) is 4.67. The van der Waals surface area contributed by atoms with E-state index in [1.807, 2.05) is 0 Å². The summed E-state index contributed by atoms with van der Waals surface area (Å²) in [6.45, 7) is 0. The molecule has 0 bridgehead atoms. The van der Waals surface area contributed by atoms with E-state index < -0.39 is 11.6 Å². The van der Waals surface area contributed by atoms with Gasteiger partial charge in [-0.15, -0.1) is 0 Å². The first-order valence-corrected chi connectivity index (χ1v) is 6.64. The van der Waals surface area contributed by atoms with Crippen molar-refractivity contribution in [1.82, 2.24) is 4.98 Å². The van der Waals surface area contributed by atoms with Crippen LogP contribution in [0.3, 0.4) is 0 Å². The maximum Gasteiger partial charge on any atom is 0.181 e. The lowest BCUT2D eigenvalue weighted by Crippen LogP contribution is -2.06. The quantitative estimate of drug-likeness (QED) is 0.787. The fourth-order valence-electron chi connectivity index (χ4n) is 2.80. The van der Waals surface area contributed by atoms with Crippen molar-refractivity contribution in [3.05, 3.63) is 41.9 Å². The fraction of sp³-hybridized carbons (Fsp3) is 0.400. The minimum Gasteiger partial charge on any atom is -0.443 e. The van der Waals surface area contributed by atoms with Gasteiger partial charge in [-0.25, -0.2) is 13.8 Å². The second-order valence-corrected chi connectivity index (χ2v) is 5.03. The topological polar surface area (TPSA) is 26.0 Å². The van der Waals surface area contributed by atoms with Gasteiger partial charge in [-0.3, -0.25) is 0 Å². The number of oxazole rings is 1. The van der Waals surface area contributed by atoms with Gasteiger partial charge >= 0.3 is 0 Å². The first-order valence-electron chi connectivity index (χ1n) is 6.64. The Bertz CT molecular complexity index is 573. The van der Waals surface area contributed by atoms with Gasteiger partial charge in [0.05, 0.1) is 11.3 Å². The van der Waals surface area contributed by atoms with E-state index in [0.29, 0.717) is 17.2 Å². The average molecular weight is 263 g/mol. The molecule has 0 aliphatic heterocycles. The second-order valence-electron chi connectivity index (χ2n) is 5.03. The van der Waals surface area contributed by atoms with Gasteiger partial charge in [0.1, 0.15) is 11.6 Å². The molecule has 0 N–H and O–H groups in total. The number of benzene rings is 1. The number of rotatable bonds is 2. The van der Waals surface area contributed by atoms with Crippen LogP contribution in [0, 0.1) is 11.6 Å². The summed E-state index contributed by atoms with van der Waals surface area (Å²) in [7, 11) is 0. The zero-order valence-electron chi connectivity index (χ0n) is 10.5. The summed E-state index contributed by atoms with van der Waals surface area (Å²) in [6, 6.07) is 3.53. The zero-order chi connectivity index (χ0) is 13.2. The molecular weight excluding hydrogens is 248 g/mol. The number of nitrogens with zero attached hydrogens (tertiary/aromatic N) is 1. The fourth-order valence-corrected chi connectivity index (χ4v) is 2.80. The summed E-state index contributed by atoms with van der Waals surface area (Å²) in [6.07, 6.45) is 7.05. The molecule has 2 aromatic rings. The van der Waals surface area contributed by atoms with Crippen molar-refractivity contribution in [3.8, 4) is 11.3 Å². The maximum absolute atomic E-state index is 13.8. The van der Waals surface area contributed by atoms with E-state index in [0.717, 1.165) is 24.6 Å². The average Bonchev–Trinajstić information content (AvgIpc) is 2.89. The molecule has 0 unspecified atom stereocenters. The largest absolute Gasteiger partial charge is 0.443 e. The van der Waals surface area contributed by atoms with E-state index in [-0.39, 0.29) is 0 Å². The standard InChI is InChI=1S/C15H15F2NO/c16-11-6-7-12(13(17)8-11)15-14(18-9-19-15)10-4-2-1-3-5-10/h6-10H,1-5H2. The number of hydrogen-bond acceptors (Lipinski definition) is 2. The van der Waals surface area contributed by atoms with Crippen molar-refractivity contribution in [2.75, 3.05) is 0 Å². The molecular formula is C15H15F2NO. The lowest BCUT2D eigenvalue weighted by molar-refractivity contribution is 0.436. The van der Waals surface area contributed by atoms with Crippen molar-refractivity contribution < 1.29 is 13.2 Å². The van der Waals surface area contributed by atoms with E-state index in [1.165, 1.54) is 37.8 Å². The van der Waals surface area contributed by atoms with E-state index in [9.17, 15) is 8.78 Å². The van der Waals surface area contributed by atoms with Crippen LogP contribution in [0.5, 0.6) is 0 Å². The summed E-state index contributed by atoms with van der Waals surface area (Å²) in [5, 5.41) is 0. The van der Waals surface area contributed by atoms with E-state index in [4.69, 9.17) is 4.42 Å². The minimum atomic E-state index is -0.603. The van der Waals surface area contributed by atoms with Gasteiger partial charge < -0.3 is 4.42 Å². The Hall–Kier alpha value is -1.71. The van der Waals surface area contributed by atoms with Crippen molar-refractivity contribution >= 4 is 0 Å². The molecule has 1 aromatic heterocycles. The second kappa shape index (κ2) is 5.11. The van der Waals surface area contributed by atoms with Crippen molar-refractivity contribution in [3.63, 3.8) is 0 Å². The third-order valence-corrected chi connectivity index (χ3v) is 3.76. The zero-order valence-corrected chi connectivity index (χ0v) is 10.5. The van der Waals surface area contributed by atoms with Gasteiger partial charge in [-0.1, -0.05) is 19.3 Å². The lowest BCUT2D eigenvalue weighted by Gasteiger charge is -2.20. The molecule has 0 atom stereocenters. The molecule has 0 amide bonds. The molecule has 1 aliphatic carbocycles. The number of hydrogen-bond donors (Lipinski definition) is 0. The number of aromatic nitrogens is 1. The van der Waals surface area contributed by atoms with Crippen LogP contribution in [0.4, 0.5) is 8.78 Å². The summed E-state index contributed by atoms with van der Waals surface area (Å²) < 4.78 is 32.1. The molecule has 0 spiro atoms. The molecule has 4 heteroatoms. The molecule has 19 heavy (non-hydrogen) atoms. The highest BCUT2D eigenvalue weighted by Crippen LogP contribution is 2.37. The summed E-state index contributed by atoms with van der Waals surface area (Å²) in [5.41, 5.74) is 1.10. The Balaban J connectivity index is 1.99. The smallest absolute Gasteiger partial charge is 0.181 e. The molecule has 0 saturated heterocycles. The van der Waals surface area contributed by atoms with Crippen LogP contribution in [0.1, 0.15) is 43.7 Å². The highest BCUT2D eigenvalue weighted by molar-refractivity contribution is 5.61. The van der Waals surface area contributed by atoms with E-state index in [2.05, 4.69) is 4.98 Å². The molecule has 1 heterocycles. The van der Waals surface area contributed by atoms with Gasteiger partial charge in [-0.2, -0.15) is 0 Å². The molecule has 3 rings (SSSR count). The van der Waals surface area contributed by atoms with Crippen LogP contribution in [0.2, 0.25) is 0 Å². The highest BCUT2D eigenvalue weighted by atomic mass is 19.1. The summed E-state index contributed by atoms with van der Waals surface area (Å²) in [4.78, 5) is 4.25. The molecule has 1 saturated carbocycles. The Morgan fingerprint density at radius 2 is 1.89 bits per heavy atom. The van der Waals surface area contributed by atoms with Gasteiger partial charge in [-0.05, 0) is 25.0 Å². The van der Waals surface area contributed by atoms with E-state index >= 15 is 0 Å². The molecule has 2 nitrogen and oxygen atoms in total. The molecule has 1 aliphatic rings. The first kappa shape index (κ1) is 12.3. The van der Waals surface area contributed by atoms with Crippen LogP contribution < -0.4 is 0 Å². The lowest BCUT2D eigenvalue weighted by atomic mass is 9.85. The normalized spacial score (nSPS) is 16.7. The van der Waals surface area contributed by atoms with Crippen LogP contribution in [0.25, 0.3) is 11.3 Å². The van der Waals surface area contributed by atoms with Crippen molar-refractivity contribution in [2.24, 2.45) is 0 Å². The monoisotopic (exact) mass is 263 g/mol.